The van der Waals surface area contributed by atoms with Crippen molar-refractivity contribution in [1.82, 2.24) is 19.4 Å². The Morgan fingerprint density at radius 2 is 2.29 bits per heavy atom. The van der Waals surface area contributed by atoms with Crippen molar-refractivity contribution in [2.75, 3.05) is 19.6 Å². The molecule has 0 N–H and O–H groups in total. The number of furan rings is 1. The first kappa shape index (κ1) is 12.6. The molecule has 0 amide bonds. The van der Waals surface area contributed by atoms with Crippen molar-refractivity contribution < 1.29 is 4.42 Å². The topological polar surface area (TPSA) is 47.1 Å². The number of likely N-dealkylation sites (N-methyl/N-ethyl adjacent to an activating group) is 1. The summed E-state index contributed by atoms with van der Waals surface area (Å²) in [5.41, 5.74) is 1.80. The molecule has 1 aliphatic heterocycles. The van der Waals surface area contributed by atoms with Crippen LogP contribution in [0.1, 0.15) is 25.1 Å². The smallest absolute Gasteiger partial charge is 0.206 e. The third-order valence-corrected chi connectivity index (χ3v) is 4.25. The maximum Gasteiger partial charge on any atom is 0.206 e. The van der Waals surface area contributed by atoms with Gasteiger partial charge in [0, 0.05) is 24.7 Å². The van der Waals surface area contributed by atoms with E-state index in [4.69, 9.17) is 9.40 Å². The number of rotatable bonds is 3. The van der Waals surface area contributed by atoms with Gasteiger partial charge < -0.3 is 9.32 Å². The molecule has 3 aromatic heterocycles. The molecular weight excluding hydrogens is 264 g/mol. The average molecular weight is 282 g/mol. The third-order valence-electron chi connectivity index (χ3n) is 4.25. The summed E-state index contributed by atoms with van der Waals surface area (Å²) in [6, 6.07) is 7.81. The zero-order valence-electron chi connectivity index (χ0n) is 12.1. The van der Waals surface area contributed by atoms with Crippen LogP contribution in [-0.2, 0) is 0 Å². The number of likely N-dealkylation sites (tertiary alicyclic amines) is 1. The summed E-state index contributed by atoms with van der Waals surface area (Å²) < 4.78 is 7.68. The molecule has 4 rings (SSSR count). The van der Waals surface area contributed by atoms with E-state index in [1.54, 1.807) is 12.5 Å². The van der Waals surface area contributed by atoms with Gasteiger partial charge in [-0.2, -0.15) is 0 Å². The lowest BCUT2D eigenvalue weighted by Gasteiger charge is -2.13. The minimum absolute atomic E-state index is 0.434. The summed E-state index contributed by atoms with van der Waals surface area (Å²) in [5.74, 6) is 2.29. The van der Waals surface area contributed by atoms with Crippen molar-refractivity contribution in [3.63, 3.8) is 0 Å². The zero-order chi connectivity index (χ0) is 14.2. The van der Waals surface area contributed by atoms with Crippen LogP contribution in [0.5, 0.6) is 0 Å². The van der Waals surface area contributed by atoms with E-state index in [1.165, 1.54) is 0 Å². The molecule has 1 fully saturated rings. The van der Waals surface area contributed by atoms with Gasteiger partial charge in [0.25, 0.3) is 0 Å². The largest absolute Gasteiger partial charge is 0.448 e. The number of nitrogens with zero attached hydrogens (tertiary/aromatic N) is 4. The van der Waals surface area contributed by atoms with Crippen molar-refractivity contribution in [3.8, 4) is 5.88 Å². The second-order valence-corrected chi connectivity index (χ2v) is 5.48. The monoisotopic (exact) mass is 282 g/mol. The molecule has 0 spiro atoms. The molecule has 108 valence electrons. The van der Waals surface area contributed by atoms with Gasteiger partial charge in [-0.05, 0) is 37.7 Å². The Kier molecular flexibility index (Phi) is 3.00. The van der Waals surface area contributed by atoms with E-state index in [-0.39, 0.29) is 0 Å². The van der Waals surface area contributed by atoms with Crippen molar-refractivity contribution in [2.45, 2.75) is 19.3 Å². The van der Waals surface area contributed by atoms with E-state index in [0.29, 0.717) is 5.92 Å². The van der Waals surface area contributed by atoms with E-state index in [0.717, 1.165) is 48.9 Å². The van der Waals surface area contributed by atoms with Crippen molar-refractivity contribution in [1.29, 1.82) is 0 Å². The van der Waals surface area contributed by atoms with Crippen LogP contribution >= 0.6 is 0 Å². The van der Waals surface area contributed by atoms with Crippen LogP contribution in [-0.4, -0.2) is 39.1 Å². The van der Waals surface area contributed by atoms with Crippen molar-refractivity contribution in [2.24, 2.45) is 0 Å². The molecule has 21 heavy (non-hydrogen) atoms. The number of hydrogen-bond donors (Lipinski definition) is 0. The molecule has 1 unspecified atom stereocenters. The fourth-order valence-electron chi connectivity index (χ4n) is 3.15. The maximum absolute atomic E-state index is 5.61. The van der Waals surface area contributed by atoms with Gasteiger partial charge in [0.15, 0.2) is 5.65 Å². The van der Waals surface area contributed by atoms with Crippen molar-refractivity contribution >= 4 is 11.2 Å². The molecule has 5 heteroatoms. The lowest BCUT2D eigenvalue weighted by molar-refractivity contribution is 0.352. The average Bonchev–Trinajstić information content (AvgIpc) is 3.24. The molecule has 0 radical (unpaired) electrons. The van der Waals surface area contributed by atoms with Gasteiger partial charge in [-0.3, -0.25) is 0 Å². The second-order valence-electron chi connectivity index (χ2n) is 5.48. The van der Waals surface area contributed by atoms with Gasteiger partial charge >= 0.3 is 0 Å². The molecule has 0 saturated carbocycles. The number of aromatic nitrogens is 3. The molecule has 1 saturated heterocycles. The Hall–Kier alpha value is -2.14. The molecule has 3 aromatic rings. The Labute approximate surface area is 123 Å². The van der Waals surface area contributed by atoms with Crippen LogP contribution < -0.4 is 0 Å². The predicted molar refractivity (Wildman–Crippen MR) is 80.6 cm³/mol. The SMILES string of the molecule is CCN1CCC(c2nc3cccnc3n2-c2ccco2)C1. The number of imidazole rings is 1. The van der Waals surface area contributed by atoms with Crippen molar-refractivity contribution in [3.05, 3.63) is 42.5 Å². The number of fused-ring (bicyclic) bond motifs is 1. The number of pyridine rings is 1. The quantitative estimate of drug-likeness (QED) is 0.741. The van der Waals surface area contributed by atoms with E-state index in [9.17, 15) is 0 Å². The van der Waals surface area contributed by atoms with Gasteiger partial charge in [0.1, 0.15) is 11.3 Å². The Morgan fingerprint density at radius 3 is 3.05 bits per heavy atom. The van der Waals surface area contributed by atoms with E-state index in [2.05, 4.69) is 21.4 Å². The Bertz CT molecular complexity index is 747. The third kappa shape index (κ3) is 2.05. The Morgan fingerprint density at radius 1 is 1.33 bits per heavy atom. The normalized spacial score (nSPS) is 19.6. The fraction of sp³-hybridized carbons (Fsp3) is 0.375. The fourth-order valence-corrected chi connectivity index (χ4v) is 3.15. The molecule has 1 atom stereocenters. The van der Waals surface area contributed by atoms with Gasteiger partial charge in [0.05, 0.1) is 6.26 Å². The Balaban J connectivity index is 1.86. The highest BCUT2D eigenvalue weighted by atomic mass is 16.3. The first-order chi connectivity index (χ1) is 10.4. The highest BCUT2D eigenvalue weighted by Gasteiger charge is 2.28. The highest BCUT2D eigenvalue weighted by molar-refractivity contribution is 5.73. The summed E-state index contributed by atoms with van der Waals surface area (Å²) in [5, 5.41) is 0. The summed E-state index contributed by atoms with van der Waals surface area (Å²) >= 11 is 0. The van der Waals surface area contributed by atoms with Crippen LogP contribution in [0.2, 0.25) is 0 Å². The van der Waals surface area contributed by atoms with E-state index in [1.807, 2.05) is 24.3 Å². The lowest BCUT2D eigenvalue weighted by Crippen LogP contribution is -2.20. The second kappa shape index (κ2) is 5.00. The first-order valence-corrected chi connectivity index (χ1v) is 7.46. The molecule has 1 aliphatic rings. The molecule has 0 aromatic carbocycles. The molecular formula is C16H18N4O. The summed E-state index contributed by atoms with van der Waals surface area (Å²) in [6.45, 7) is 5.49. The molecule has 4 heterocycles. The molecule has 0 bridgehead atoms. The van der Waals surface area contributed by atoms with Gasteiger partial charge in [0.2, 0.25) is 5.88 Å². The molecule has 5 nitrogen and oxygen atoms in total. The van der Waals surface area contributed by atoms with Gasteiger partial charge in [-0.1, -0.05) is 6.92 Å². The standard InChI is InChI=1S/C16H18N4O/c1-2-19-9-7-12(11-19)15-18-13-5-3-8-17-16(13)20(15)14-6-4-10-21-14/h3-6,8,10,12H,2,7,9,11H2,1H3. The number of hydrogen-bond acceptors (Lipinski definition) is 4. The molecule has 0 aliphatic carbocycles. The highest BCUT2D eigenvalue weighted by Crippen LogP contribution is 2.31. The lowest BCUT2D eigenvalue weighted by atomic mass is 10.1. The zero-order valence-corrected chi connectivity index (χ0v) is 12.1. The van der Waals surface area contributed by atoms with Crippen LogP contribution in [0.15, 0.2) is 41.1 Å². The van der Waals surface area contributed by atoms with Crippen LogP contribution in [0.25, 0.3) is 17.0 Å². The van der Waals surface area contributed by atoms with Crippen LogP contribution in [0, 0.1) is 0 Å². The van der Waals surface area contributed by atoms with E-state index >= 15 is 0 Å². The first-order valence-electron chi connectivity index (χ1n) is 7.46. The minimum Gasteiger partial charge on any atom is -0.448 e. The summed E-state index contributed by atoms with van der Waals surface area (Å²) in [7, 11) is 0. The van der Waals surface area contributed by atoms with Crippen LogP contribution in [0.3, 0.4) is 0 Å². The summed E-state index contributed by atoms with van der Waals surface area (Å²) in [6.07, 6.45) is 4.64. The predicted octanol–water partition coefficient (Wildman–Crippen LogP) is 2.82. The maximum atomic E-state index is 5.61. The van der Waals surface area contributed by atoms with Gasteiger partial charge in [-0.15, -0.1) is 0 Å². The minimum atomic E-state index is 0.434. The van der Waals surface area contributed by atoms with Gasteiger partial charge in [-0.25, -0.2) is 14.5 Å². The van der Waals surface area contributed by atoms with E-state index < -0.39 is 0 Å². The summed E-state index contributed by atoms with van der Waals surface area (Å²) in [4.78, 5) is 11.8. The van der Waals surface area contributed by atoms with Crippen LogP contribution in [0.4, 0.5) is 0 Å².